The summed E-state index contributed by atoms with van der Waals surface area (Å²) in [5.41, 5.74) is 4.17. The Balaban J connectivity index is 1.68. The van der Waals surface area contributed by atoms with Gasteiger partial charge in [0.15, 0.2) is 0 Å². The molecular weight excluding hydrogens is 450 g/mol. The summed E-state index contributed by atoms with van der Waals surface area (Å²) >= 11 is 0. The van der Waals surface area contributed by atoms with E-state index in [9.17, 15) is 27.2 Å². The maximum atomic E-state index is 14.1. The van der Waals surface area contributed by atoms with Crippen LogP contribution in [0.4, 0.5) is 17.6 Å². The molecule has 1 aliphatic rings. The molecule has 0 aromatic heterocycles. The van der Waals surface area contributed by atoms with E-state index in [0.29, 0.717) is 17.5 Å². The molecule has 3 rings (SSSR count). The number of alkyl halides is 3. The summed E-state index contributed by atoms with van der Waals surface area (Å²) in [6.45, 7) is 0.172. The quantitative estimate of drug-likeness (QED) is 0.506. The predicted octanol–water partition coefficient (Wildman–Crippen LogP) is 4.03. The molecule has 1 aliphatic carbocycles. The topological polar surface area (TPSA) is 75.4 Å². The van der Waals surface area contributed by atoms with Gasteiger partial charge in [-0.1, -0.05) is 36.4 Å². The van der Waals surface area contributed by atoms with E-state index < -0.39 is 35.1 Å². The average molecular weight is 480 g/mol. The Hall–Kier alpha value is -2.94. The van der Waals surface area contributed by atoms with E-state index in [1.165, 1.54) is 12.1 Å². The number of amides is 2. The number of rotatable bonds is 10. The highest BCUT2D eigenvalue weighted by Crippen LogP contribution is 2.66. The summed E-state index contributed by atoms with van der Waals surface area (Å²) in [5, 5.41) is 2.76. The largest absolute Gasteiger partial charge is 0.395 e. The predicted molar refractivity (Wildman–Crippen MR) is 121 cm³/mol. The monoisotopic (exact) mass is 479 g/mol. The van der Waals surface area contributed by atoms with Crippen LogP contribution in [0.5, 0.6) is 0 Å². The van der Waals surface area contributed by atoms with E-state index in [2.05, 4.69) is 5.32 Å². The van der Waals surface area contributed by atoms with Crippen molar-refractivity contribution in [3.63, 3.8) is 0 Å². The van der Waals surface area contributed by atoms with Crippen molar-refractivity contribution in [3.05, 3.63) is 71.0 Å². The molecule has 0 radical (unpaired) electrons. The zero-order valence-corrected chi connectivity index (χ0v) is 19.2. The van der Waals surface area contributed by atoms with Crippen molar-refractivity contribution >= 4 is 11.8 Å². The van der Waals surface area contributed by atoms with Crippen molar-refractivity contribution < 1.29 is 27.2 Å². The van der Waals surface area contributed by atoms with E-state index in [1.54, 1.807) is 50.5 Å². The van der Waals surface area contributed by atoms with E-state index in [4.69, 9.17) is 5.73 Å². The van der Waals surface area contributed by atoms with Crippen molar-refractivity contribution in [2.75, 3.05) is 20.6 Å². The SMILES string of the molecule is CN(C)C(CNC(=O)CC(c1ccccc1)C1(C(F)(F)F)CC1)Cc1ccc(C(N)=O)c(F)c1. The van der Waals surface area contributed by atoms with Crippen LogP contribution < -0.4 is 11.1 Å². The maximum Gasteiger partial charge on any atom is 0.395 e. The van der Waals surface area contributed by atoms with Gasteiger partial charge in [0.1, 0.15) is 5.82 Å². The maximum absolute atomic E-state index is 14.1. The van der Waals surface area contributed by atoms with Gasteiger partial charge < -0.3 is 16.0 Å². The second-order valence-electron chi connectivity index (χ2n) is 9.13. The van der Waals surface area contributed by atoms with Gasteiger partial charge in [0.2, 0.25) is 5.91 Å². The summed E-state index contributed by atoms with van der Waals surface area (Å²) < 4.78 is 55.7. The third-order valence-corrected chi connectivity index (χ3v) is 6.65. The van der Waals surface area contributed by atoms with Crippen molar-refractivity contribution in [2.45, 2.75) is 43.8 Å². The highest BCUT2D eigenvalue weighted by molar-refractivity contribution is 5.93. The second kappa shape index (κ2) is 10.1. The van der Waals surface area contributed by atoms with Gasteiger partial charge in [-0.05, 0) is 56.6 Å². The van der Waals surface area contributed by atoms with Crippen LogP contribution in [-0.2, 0) is 11.2 Å². The third-order valence-electron chi connectivity index (χ3n) is 6.65. The van der Waals surface area contributed by atoms with Crippen molar-refractivity contribution in [2.24, 2.45) is 11.1 Å². The van der Waals surface area contributed by atoms with Gasteiger partial charge in [-0.2, -0.15) is 13.2 Å². The minimum absolute atomic E-state index is 0.0104. The molecular formula is C25H29F4N3O2. The molecule has 2 aromatic rings. The van der Waals surface area contributed by atoms with Crippen LogP contribution in [0.2, 0.25) is 0 Å². The number of nitrogens with two attached hydrogens (primary N) is 1. The summed E-state index contributed by atoms with van der Waals surface area (Å²) in [5.74, 6) is -3.01. The molecule has 0 saturated heterocycles. The zero-order chi connectivity index (χ0) is 25.1. The number of hydrogen-bond donors (Lipinski definition) is 2. The molecule has 2 unspecified atom stereocenters. The smallest absolute Gasteiger partial charge is 0.366 e. The number of hydrogen-bond acceptors (Lipinski definition) is 3. The van der Waals surface area contributed by atoms with Gasteiger partial charge in [0, 0.05) is 24.9 Å². The minimum Gasteiger partial charge on any atom is -0.366 e. The molecule has 2 amide bonds. The Bertz CT molecular complexity index is 1020. The molecule has 2 atom stereocenters. The minimum atomic E-state index is -4.39. The molecule has 3 N–H and O–H groups in total. The Morgan fingerprint density at radius 2 is 1.76 bits per heavy atom. The van der Waals surface area contributed by atoms with Crippen molar-refractivity contribution in [3.8, 4) is 0 Å². The molecule has 5 nitrogen and oxygen atoms in total. The number of carbonyl (C=O) groups excluding carboxylic acids is 2. The summed E-state index contributed by atoms with van der Waals surface area (Å²) in [6.07, 6.45) is -4.28. The van der Waals surface area contributed by atoms with Crippen molar-refractivity contribution in [1.29, 1.82) is 0 Å². The Kier molecular flexibility index (Phi) is 7.65. The van der Waals surface area contributed by atoms with Crippen LogP contribution in [0.15, 0.2) is 48.5 Å². The first-order chi connectivity index (χ1) is 15.9. The molecule has 0 heterocycles. The third kappa shape index (κ3) is 5.75. The lowest BCUT2D eigenvalue weighted by Crippen LogP contribution is -2.42. The van der Waals surface area contributed by atoms with Crippen LogP contribution in [-0.4, -0.2) is 49.6 Å². The Morgan fingerprint density at radius 1 is 1.12 bits per heavy atom. The normalized spacial score (nSPS) is 16.7. The lowest BCUT2D eigenvalue weighted by Gasteiger charge is -2.30. The van der Waals surface area contributed by atoms with Crippen LogP contribution in [0.1, 0.15) is 46.7 Å². The van der Waals surface area contributed by atoms with Gasteiger partial charge >= 0.3 is 6.18 Å². The van der Waals surface area contributed by atoms with E-state index >= 15 is 0 Å². The lowest BCUT2D eigenvalue weighted by molar-refractivity contribution is -0.194. The van der Waals surface area contributed by atoms with Crippen LogP contribution in [0.25, 0.3) is 0 Å². The summed E-state index contributed by atoms with van der Waals surface area (Å²) in [4.78, 5) is 25.8. The molecule has 1 saturated carbocycles. The van der Waals surface area contributed by atoms with E-state index in [1.807, 2.05) is 4.90 Å². The molecule has 9 heteroatoms. The molecule has 184 valence electrons. The van der Waals surface area contributed by atoms with Gasteiger partial charge in [-0.15, -0.1) is 0 Å². The van der Waals surface area contributed by atoms with Gasteiger partial charge in [0.05, 0.1) is 11.0 Å². The Morgan fingerprint density at radius 3 is 2.26 bits per heavy atom. The lowest BCUT2D eigenvalue weighted by atomic mass is 9.80. The second-order valence-corrected chi connectivity index (χ2v) is 9.13. The number of halogens is 4. The molecule has 0 aliphatic heterocycles. The summed E-state index contributed by atoms with van der Waals surface area (Å²) in [6, 6.07) is 12.2. The van der Waals surface area contributed by atoms with Crippen molar-refractivity contribution in [1.82, 2.24) is 10.2 Å². The zero-order valence-electron chi connectivity index (χ0n) is 19.2. The van der Waals surface area contributed by atoms with E-state index in [0.717, 1.165) is 0 Å². The molecule has 0 bridgehead atoms. The highest BCUT2D eigenvalue weighted by atomic mass is 19.4. The first-order valence-corrected chi connectivity index (χ1v) is 11.1. The molecule has 1 fully saturated rings. The molecule has 0 spiro atoms. The number of benzene rings is 2. The fourth-order valence-electron chi connectivity index (χ4n) is 4.37. The fraction of sp³-hybridized carbons (Fsp3) is 0.440. The van der Waals surface area contributed by atoms with Gasteiger partial charge in [-0.25, -0.2) is 4.39 Å². The Labute approximate surface area is 196 Å². The van der Waals surface area contributed by atoms with Crippen LogP contribution >= 0.6 is 0 Å². The molecule has 34 heavy (non-hydrogen) atoms. The molecule has 2 aromatic carbocycles. The highest BCUT2D eigenvalue weighted by Gasteiger charge is 2.67. The van der Waals surface area contributed by atoms with Gasteiger partial charge in [-0.3, -0.25) is 9.59 Å². The average Bonchev–Trinajstić information content (AvgIpc) is 3.57. The summed E-state index contributed by atoms with van der Waals surface area (Å²) in [7, 11) is 3.58. The number of carbonyl (C=O) groups is 2. The standard InChI is InChI=1S/C25H29F4N3O2/c1-32(2)18(12-16-8-9-19(23(30)34)21(26)13-16)15-31-22(33)14-20(17-6-4-3-5-7-17)24(10-11-24)25(27,28)29/h3-9,13,18,20H,10-12,14-15H2,1-2H3,(H2,30,34)(H,31,33). The van der Waals surface area contributed by atoms with Crippen LogP contribution in [0, 0.1) is 11.2 Å². The van der Waals surface area contributed by atoms with Gasteiger partial charge in [0.25, 0.3) is 5.91 Å². The number of nitrogens with zero attached hydrogens (tertiary/aromatic N) is 1. The number of primary amides is 1. The van der Waals surface area contributed by atoms with E-state index in [-0.39, 0.29) is 37.4 Å². The number of likely N-dealkylation sites (N-methyl/N-ethyl adjacent to an activating group) is 1. The number of nitrogens with one attached hydrogen (secondary N) is 1. The first kappa shape index (κ1) is 25.7. The fourth-order valence-corrected chi connectivity index (χ4v) is 4.37. The van der Waals surface area contributed by atoms with Crippen LogP contribution in [0.3, 0.4) is 0 Å². The first-order valence-electron chi connectivity index (χ1n) is 11.1.